The van der Waals surface area contributed by atoms with Gasteiger partial charge in [0.25, 0.3) is 0 Å². The molecule has 0 aromatic heterocycles. The summed E-state index contributed by atoms with van der Waals surface area (Å²) < 4.78 is 23.9. The van der Waals surface area contributed by atoms with E-state index in [4.69, 9.17) is 18.9 Å². The number of likely N-dealkylation sites (tertiary alicyclic amines) is 1. The van der Waals surface area contributed by atoms with Gasteiger partial charge in [-0.3, -0.25) is 24.1 Å². The minimum atomic E-state index is -0.975. The van der Waals surface area contributed by atoms with Gasteiger partial charge in [-0.1, -0.05) is 134 Å². The molecule has 2 aliphatic carbocycles. The molecular formula is C59H83N5O10. The van der Waals surface area contributed by atoms with E-state index in [9.17, 15) is 28.8 Å². The number of hydrogen-bond acceptors (Lipinski definition) is 10. The Balaban J connectivity index is 1.13. The maximum absolute atomic E-state index is 14.8. The fraction of sp³-hybridized carbons (Fsp3) is 0.593. The predicted octanol–water partition coefficient (Wildman–Crippen LogP) is 8.02. The first-order valence-electron chi connectivity index (χ1n) is 26.6. The van der Waals surface area contributed by atoms with Crippen LogP contribution in [0.5, 0.6) is 0 Å². The Morgan fingerprint density at radius 3 is 1.88 bits per heavy atom. The summed E-state index contributed by atoms with van der Waals surface area (Å²) in [4.78, 5) is 90.2. The molecule has 15 heteroatoms. The molecule has 1 aliphatic heterocycles. The van der Waals surface area contributed by atoms with Crippen molar-refractivity contribution < 1.29 is 47.7 Å². The second kappa shape index (κ2) is 24.7. The van der Waals surface area contributed by atoms with E-state index in [0.29, 0.717) is 12.8 Å². The quantitative estimate of drug-likeness (QED) is 0.0887. The normalized spacial score (nSPS) is 20.2. The highest BCUT2D eigenvalue weighted by molar-refractivity contribution is 5.92. The van der Waals surface area contributed by atoms with E-state index in [1.165, 1.54) is 4.90 Å². The number of likely N-dealkylation sites (N-methyl/N-ethyl adjacent to an activating group) is 2. The summed E-state index contributed by atoms with van der Waals surface area (Å²) in [6.07, 6.45) is 0.285. The molecule has 0 radical (unpaired) electrons. The molecule has 11 atom stereocenters. The van der Waals surface area contributed by atoms with Gasteiger partial charge in [0.2, 0.25) is 23.6 Å². The van der Waals surface area contributed by atoms with Crippen LogP contribution in [0.1, 0.15) is 118 Å². The first-order valence-corrected chi connectivity index (χ1v) is 26.6. The number of ether oxygens (including phenoxy) is 4. The van der Waals surface area contributed by atoms with Crippen LogP contribution in [0.3, 0.4) is 0 Å². The van der Waals surface area contributed by atoms with Gasteiger partial charge in [-0.2, -0.15) is 0 Å². The van der Waals surface area contributed by atoms with Gasteiger partial charge in [0.1, 0.15) is 30.3 Å². The minimum Gasteiger partial charge on any atom is -0.458 e. The van der Waals surface area contributed by atoms with Gasteiger partial charge < -0.3 is 39.4 Å². The highest BCUT2D eigenvalue weighted by Gasteiger charge is 2.57. The molecular weight excluding hydrogens is 939 g/mol. The lowest BCUT2D eigenvalue weighted by atomic mass is 9.89. The number of amides is 5. The number of piperidine rings is 1. The molecule has 1 saturated heterocycles. The van der Waals surface area contributed by atoms with Crippen molar-refractivity contribution in [2.24, 2.45) is 29.6 Å². The van der Waals surface area contributed by atoms with E-state index >= 15 is 0 Å². The molecule has 2 fully saturated rings. The largest absolute Gasteiger partial charge is 0.458 e. The average Bonchev–Trinajstić information content (AvgIpc) is 3.90. The predicted molar refractivity (Wildman–Crippen MR) is 285 cm³/mol. The molecule has 1 saturated carbocycles. The third kappa shape index (κ3) is 13.2. The number of hydrogen-bond donors (Lipinski definition) is 2. The third-order valence-electron chi connectivity index (χ3n) is 15.5. The zero-order valence-electron chi connectivity index (χ0n) is 46.3. The zero-order chi connectivity index (χ0) is 54.3. The van der Waals surface area contributed by atoms with E-state index in [1.54, 1.807) is 60.9 Å². The number of rotatable bonds is 23. The summed E-state index contributed by atoms with van der Waals surface area (Å²) in [5, 5.41) is 5.98. The van der Waals surface area contributed by atoms with Crippen LogP contribution < -0.4 is 10.6 Å². The fourth-order valence-electron chi connectivity index (χ4n) is 11.4. The van der Waals surface area contributed by atoms with Gasteiger partial charge in [-0.05, 0) is 85.1 Å². The lowest BCUT2D eigenvalue weighted by Crippen LogP contribution is -2.60. The Labute approximate surface area is 439 Å². The molecule has 3 aliphatic rings. The summed E-state index contributed by atoms with van der Waals surface area (Å²) in [7, 11) is 6.33. The van der Waals surface area contributed by atoms with Gasteiger partial charge in [0.05, 0.1) is 36.6 Å². The number of carbonyl (C=O) groups is 6. The second-order valence-corrected chi connectivity index (χ2v) is 22.6. The summed E-state index contributed by atoms with van der Waals surface area (Å²) in [6, 6.07) is 21.7. The lowest BCUT2D eigenvalue weighted by Gasteiger charge is -2.41. The first kappa shape index (κ1) is 57.5. The molecule has 0 unspecified atom stereocenters. The van der Waals surface area contributed by atoms with Crippen LogP contribution in [-0.2, 0) is 49.3 Å². The number of benzene rings is 3. The Hall–Kier alpha value is -5.80. The molecule has 404 valence electrons. The van der Waals surface area contributed by atoms with Crippen LogP contribution in [0.15, 0.2) is 78.9 Å². The van der Waals surface area contributed by atoms with Crippen LogP contribution in [0.25, 0.3) is 11.1 Å². The molecule has 2 N–H and O–H groups in total. The Morgan fingerprint density at radius 1 is 0.743 bits per heavy atom. The number of carbonyl (C=O) groups excluding carboxylic acids is 6. The SMILES string of the molecule is CC[C@H](C)[C@@H]([C@@H](CC(=O)N1[C@H]2C[C@H]2C[C@H]1[C@H](OC)[C@@H](C)C(=O)N[C@@H](Cc1ccccc1)C(=O)OC(C)(C)C)OC)N(C)C(=O)[C@@H](NC(=O)[C@H](C(C)C)N(C)C(=O)OCC1c2ccccc2-c2ccccc21)C(C)C. The van der Waals surface area contributed by atoms with Crippen molar-refractivity contribution >= 4 is 35.7 Å². The van der Waals surface area contributed by atoms with Crippen molar-refractivity contribution in [1.29, 1.82) is 0 Å². The minimum absolute atomic E-state index is 0.0204. The number of methoxy groups -OCH3 is 2. The molecule has 1 heterocycles. The average molecular weight is 1020 g/mol. The number of esters is 1. The van der Waals surface area contributed by atoms with Crippen molar-refractivity contribution in [3.63, 3.8) is 0 Å². The van der Waals surface area contributed by atoms with Gasteiger partial charge in [-0.15, -0.1) is 0 Å². The Morgan fingerprint density at radius 2 is 1.34 bits per heavy atom. The summed E-state index contributed by atoms with van der Waals surface area (Å²) in [5.74, 6) is -3.38. The van der Waals surface area contributed by atoms with Crippen LogP contribution in [-0.4, -0.2) is 139 Å². The second-order valence-electron chi connectivity index (χ2n) is 22.6. The highest BCUT2D eigenvalue weighted by atomic mass is 16.6. The summed E-state index contributed by atoms with van der Waals surface area (Å²) >= 11 is 0. The van der Waals surface area contributed by atoms with Crippen LogP contribution in [0.2, 0.25) is 0 Å². The monoisotopic (exact) mass is 1020 g/mol. The zero-order valence-corrected chi connectivity index (χ0v) is 46.3. The van der Waals surface area contributed by atoms with Gasteiger partial charge >= 0.3 is 12.1 Å². The molecule has 3 aromatic rings. The highest BCUT2D eigenvalue weighted by Crippen LogP contribution is 2.50. The van der Waals surface area contributed by atoms with E-state index in [0.717, 1.165) is 34.2 Å². The molecule has 74 heavy (non-hydrogen) atoms. The van der Waals surface area contributed by atoms with E-state index in [-0.39, 0.29) is 66.9 Å². The van der Waals surface area contributed by atoms with Crippen LogP contribution in [0.4, 0.5) is 4.79 Å². The van der Waals surface area contributed by atoms with E-state index < -0.39 is 77.8 Å². The number of nitrogens with zero attached hydrogens (tertiary/aromatic N) is 3. The fourth-order valence-corrected chi connectivity index (χ4v) is 11.4. The smallest absolute Gasteiger partial charge is 0.410 e. The van der Waals surface area contributed by atoms with Gasteiger partial charge in [-0.25, -0.2) is 9.59 Å². The summed E-state index contributed by atoms with van der Waals surface area (Å²) in [6.45, 7) is 18.7. The van der Waals surface area contributed by atoms with Crippen molar-refractivity contribution in [2.45, 2.75) is 161 Å². The Kier molecular flexibility index (Phi) is 19.2. The van der Waals surface area contributed by atoms with Crippen molar-refractivity contribution in [2.75, 3.05) is 34.9 Å². The number of nitrogens with one attached hydrogen (secondary N) is 2. The number of fused-ring (bicyclic) bond motifs is 4. The molecule has 3 aromatic carbocycles. The molecule has 0 spiro atoms. The van der Waals surface area contributed by atoms with Crippen molar-refractivity contribution in [3.8, 4) is 11.1 Å². The third-order valence-corrected chi connectivity index (χ3v) is 15.5. The van der Waals surface area contributed by atoms with Crippen molar-refractivity contribution in [1.82, 2.24) is 25.3 Å². The standard InChI is InChI=1S/C59H83N5O10/c1-15-36(6)52(62(11)56(68)50(34(2)3)61-55(67)51(35(4)5)63(12)58(70)73-33-44-42-27-21-19-25-40(42)41-26-20-22-28-43(41)44)48(71-13)32-49(65)64-46-30-39(46)31-47(64)53(72-14)37(7)54(66)60-45(57(69)74-59(8,9)10)29-38-23-17-16-18-24-38/h16-28,34-37,39,44-48,50-53H,15,29-33H2,1-14H3,(H,60,66)(H,61,67)/t36-,37+,39-,45-,46-,47-,48+,50-,51-,52-,53+/m0/s1. The van der Waals surface area contributed by atoms with Gasteiger partial charge in [0, 0.05) is 46.7 Å². The lowest BCUT2D eigenvalue weighted by molar-refractivity contribution is -0.159. The topological polar surface area (TPSA) is 173 Å². The Bertz CT molecular complexity index is 2390. The molecule has 6 rings (SSSR count). The van der Waals surface area contributed by atoms with Crippen LogP contribution in [0, 0.1) is 29.6 Å². The van der Waals surface area contributed by atoms with Gasteiger partial charge in [0.15, 0.2) is 0 Å². The first-order chi connectivity index (χ1) is 35.0. The summed E-state index contributed by atoms with van der Waals surface area (Å²) in [5.41, 5.74) is 4.47. The van der Waals surface area contributed by atoms with E-state index in [2.05, 4.69) is 34.9 Å². The maximum atomic E-state index is 14.8. The molecule has 15 nitrogen and oxygen atoms in total. The molecule has 0 bridgehead atoms. The maximum Gasteiger partial charge on any atom is 0.410 e. The molecule has 5 amide bonds. The van der Waals surface area contributed by atoms with Crippen LogP contribution >= 0.6 is 0 Å². The van der Waals surface area contributed by atoms with Crippen molar-refractivity contribution in [3.05, 3.63) is 95.6 Å². The van der Waals surface area contributed by atoms with E-state index in [1.807, 2.05) is 101 Å².